The van der Waals surface area contributed by atoms with Crippen LogP contribution in [0.3, 0.4) is 0 Å². The summed E-state index contributed by atoms with van der Waals surface area (Å²) < 4.78 is 1.91. The third kappa shape index (κ3) is 4.17. The van der Waals surface area contributed by atoms with E-state index in [1.807, 2.05) is 10.7 Å². The molecular formula is C16H27N5. The van der Waals surface area contributed by atoms with Crippen LogP contribution in [-0.2, 0) is 5.41 Å². The van der Waals surface area contributed by atoms with Gasteiger partial charge in [-0.05, 0) is 25.5 Å². The van der Waals surface area contributed by atoms with Gasteiger partial charge in [-0.2, -0.15) is 5.10 Å². The van der Waals surface area contributed by atoms with Crippen LogP contribution in [0.5, 0.6) is 0 Å². The summed E-state index contributed by atoms with van der Waals surface area (Å²) in [6.45, 7) is 8.25. The first kappa shape index (κ1) is 15.8. The van der Waals surface area contributed by atoms with E-state index in [1.165, 1.54) is 12.8 Å². The van der Waals surface area contributed by atoms with Gasteiger partial charge in [-0.1, -0.05) is 33.6 Å². The number of rotatable bonds is 7. The molecule has 0 spiro atoms. The summed E-state index contributed by atoms with van der Waals surface area (Å²) in [7, 11) is 0. The van der Waals surface area contributed by atoms with Crippen molar-refractivity contribution in [2.24, 2.45) is 5.73 Å². The van der Waals surface area contributed by atoms with Gasteiger partial charge < -0.3 is 11.1 Å². The van der Waals surface area contributed by atoms with Crippen molar-refractivity contribution in [3.8, 4) is 0 Å². The Hall–Kier alpha value is -1.62. The Morgan fingerprint density at radius 3 is 2.67 bits per heavy atom. The van der Waals surface area contributed by atoms with Gasteiger partial charge in [0.1, 0.15) is 5.52 Å². The molecule has 3 N–H and O–H groups in total. The number of hydrogen-bond acceptors (Lipinski definition) is 4. The van der Waals surface area contributed by atoms with E-state index in [4.69, 9.17) is 5.73 Å². The van der Waals surface area contributed by atoms with Crippen LogP contribution in [-0.4, -0.2) is 27.7 Å². The van der Waals surface area contributed by atoms with Gasteiger partial charge in [0.05, 0.1) is 5.69 Å². The van der Waals surface area contributed by atoms with E-state index in [-0.39, 0.29) is 5.41 Å². The summed E-state index contributed by atoms with van der Waals surface area (Å²) in [4.78, 5) is 4.44. The van der Waals surface area contributed by atoms with Crippen LogP contribution in [0, 0.1) is 0 Å². The fraction of sp³-hybridized carbons (Fsp3) is 0.625. The molecule has 0 unspecified atom stereocenters. The lowest BCUT2D eigenvalue weighted by molar-refractivity contribution is 0.562. The first-order valence-electron chi connectivity index (χ1n) is 7.81. The van der Waals surface area contributed by atoms with E-state index in [0.717, 1.165) is 43.0 Å². The minimum atomic E-state index is 0.0471. The van der Waals surface area contributed by atoms with Crippen LogP contribution in [0.1, 0.15) is 52.1 Å². The van der Waals surface area contributed by atoms with Crippen LogP contribution in [0.15, 0.2) is 18.5 Å². The van der Waals surface area contributed by atoms with Crippen molar-refractivity contribution in [3.05, 3.63) is 24.2 Å². The predicted molar refractivity (Wildman–Crippen MR) is 87.7 cm³/mol. The fourth-order valence-electron chi connectivity index (χ4n) is 2.25. The van der Waals surface area contributed by atoms with Crippen LogP contribution in [0.4, 0.5) is 5.82 Å². The first-order chi connectivity index (χ1) is 10.0. The number of nitrogens with one attached hydrogen (secondary N) is 1. The highest BCUT2D eigenvalue weighted by Crippen LogP contribution is 2.24. The van der Waals surface area contributed by atoms with Gasteiger partial charge in [-0.15, -0.1) is 0 Å². The van der Waals surface area contributed by atoms with E-state index >= 15 is 0 Å². The second-order valence-electron chi connectivity index (χ2n) is 6.51. The van der Waals surface area contributed by atoms with Crippen molar-refractivity contribution in [1.29, 1.82) is 0 Å². The molecule has 21 heavy (non-hydrogen) atoms. The van der Waals surface area contributed by atoms with E-state index in [1.54, 1.807) is 6.20 Å². The van der Waals surface area contributed by atoms with Crippen molar-refractivity contribution in [1.82, 2.24) is 14.6 Å². The lowest BCUT2D eigenvalue weighted by Gasteiger charge is -2.13. The lowest BCUT2D eigenvalue weighted by Crippen LogP contribution is -2.11. The number of anilines is 1. The number of unbranched alkanes of at least 4 members (excludes halogenated alkanes) is 3. The summed E-state index contributed by atoms with van der Waals surface area (Å²) in [5, 5.41) is 8.06. The van der Waals surface area contributed by atoms with Crippen molar-refractivity contribution in [3.63, 3.8) is 0 Å². The maximum atomic E-state index is 5.50. The SMILES string of the molecule is CC(C)(C)c1cc2c(NCCCCCCN)nccn2n1. The average Bonchev–Trinajstić information content (AvgIpc) is 2.87. The molecule has 0 amide bonds. The van der Waals surface area contributed by atoms with Crippen molar-refractivity contribution in [2.45, 2.75) is 51.9 Å². The third-order valence-electron chi connectivity index (χ3n) is 3.58. The molecule has 0 saturated carbocycles. The maximum absolute atomic E-state index is 5.50. The van der Waals surface area contributed by atoms with E-state index in [2.05, 4.69) is 42.2 Å². The lowest BCUT2D eigenvalue weighted by atomic mass is 9.92. The molecule has 5 heteroatoms. The van der Waals surface area contributed by atoms with E-state index in [9.17, 15) is 0 Å². The summed E-state index contributed by atoms with van der Waals surface area (Å²) in [6, 6.07) is 2.13. The van der Waals surface area contributed by atoms with Crippen LogP contribution in [0.2, 0.25) is 0 Å². The highest BCUT2D eigenvalue weighted by Gasteiger charge is 2.18. The van der Waals surface area contributed by atoms with Crippen LogP contribution >= 0.6 is 0 Å². The van der Waals surface area contributed by atoms with Gasteiger partial charge in [-0.25, -0.2) is 9.50 Å². The first-order valence-corrected chi connectivity index (χ1v) is 7.81. The molecule has 5 nitrogen and oxygen atoms in total. The molecule has 2 aromatic rings. The molecule has 0 aliphatic carbocycles. The monoisotopic (exact) mass is 289 g/mol. The number of nitrogens with two attached hydrogens (primary N) is 1. The van der Waals surface area contributed by atoms with Crippen LogP contribution in [0.25, 0.3) is 5.52 Å². The average molecular weight is 289 g/mol. The van der Waals surface area contributed by atoms with Gasteiger partial charge >= 0.3 is 0 Å². The van der Waals surface area contributed by atoms with Crippen LogP contribution < -0.4 is 11.1 Å². The molecule has 2 heterocycles. The molecule has 0 bridgehead atoms. The zero-order chi connectivity index (χ0) is 15.3. The van der Waals surface area contributed by atoms with Crippen molar-refractivity contribution >= 4 is 11.3 Å². The van der Waals surface area contributed by atoms with E-state index in [0.29, 0.717) is 0 Å². The van der Waals surface area contributed by atoms with Crippen molar-refractivity contribution < 1.29 is 0 Å². The second-order valence-corrected chi connectivity index (χ2v) is 6.51. The van der Waals surface area contributed by atoms with Crippen molar-refractivity contribution in [2.75, 3.05) is 18.4 Å². The van der Waals surface area contributed by atoms with Gasteiger partial charge in [0.25, 0.3) is 0 Å². The fourth-order valence-corrected chi connectivity index (χ4v) is 2.25. The smallest absolute Gasteiger partial charge is 0.152 e. The van der Waals surface area contributed by atoms with E-state index < -0.39 is 0 Å². The summed E-state index contributed by atoms with van der Waals surface area (Å²) in [5.74, 6) is 0.916. The minimum absolute atomic E-state index is 0.0471. The van der Waals surface area contributed by atoms with Gasteiger partial charge in [0, 0.05) is 24.4 Å². The Morgan fingerprint density at radius 1 is 1.19 bits per heavy atom. The number of nitrogens with zero attached hydrogens (tertiary/aromatic N) is 3. The summed E-state index contributed by atoms with van der Waals surface area (Å²) in [5.41, 5.74) is 7.68. The molecule has 2 rings (SSSR count). The topological polar surface area (TPSA) is 68.2 Å². The molecule has 0 aliphatic heterocycles. The highest BCUT2D eigenvalue weighted by atomic mass is 15.2. The Bertz CT molecular complexity index is 568. The quantitative estimate of drug-likeness (QED) is 0.769. The molecule has 0 aliphatic rings. The highest BCUT2D eigenvalue weighted by molar-refractivity contribution is 5.68. The molecule has 0 aromatic carbocycles. The Morgan fingerprint density at radius 2 is 1.95 bits per heavy atom. The number of hydrogen-bond donors (Lipinski definition) is 2. The third-order valence-corrected chi connectivity index (χ3v) is 3.58. The zero-order valence-corrected chi connectivity index (χ0v) is 13.4. The maximum Gasteiger partial charge on any atom is 0.152 e. The molecule has 0 atom stereocenters. The summed E-state index contributed by atoms with van der Waals surface area (Å²) in [6.07, 6.45) is 8.37. The number of fused-ring (bicyclic) bond motifs is 1. The molecule has 0 fully saturated rings. The standard InChI is InChI=1S/C16H27N5/c1-16(2,3)14-12-13-15(19-10-11-21(13)20-14)18-9-7-5-4-6-8-17/h10-12H,4-9,17H2,1-3H3,(H,18,19). The van der Waals surface area contributed by atoms with Gasteiger partial charge in [0.2, 0.25) is 0 Å². The largest absolute Gasteiger partial charge is 0.368 e. The summed E-state index contributed by atoms with van der Waals surface area (Å²) >= 11 is 0. The Balaban J connectivity index is 2.01. The Labute approximate surface area is 126 Å². The second kappa shape index (κ2) is 6.89. The Kier molecular flexibility index (Phi) is 5.17. The predicted octanol–water partition coefficient (Wildman–Crippen LogP) is 2.96. The normalized spacial score (nSPS) is 12.0. The molecule has 116 valence electrons. The van der Waals surface area contributed by atoms with Gasteiger partial charge in [-0.3, -0.25) is 0 Å². The molecule has 2 aromatic heterocycles. The zero-order valence-electron chi connectivity index (χ0n) is 13.4. The number of aromatic nitrogens is 3. The molecular weight excluding hydrogens is 262 g/mol. The minimum Gasteiger partial charge on any atom is -0.368 e. The molecule has 0 saturated heterocycles. The molecule has 0 radical (unpaired) electrons. The van der Waals surface area contributed by atoms with Gasteiger partial charge in [0.15, 0.2) is 5.82 Å².